The molecule has 0 saturated heterocycles. The van der Waals surface area contributed by atoms with E-state index in [2.05, 4.69) is 15.6 Å². The molecule has 6 nitrogen and oxygen atoms in total. The van der Waals surface area contributed by atoms with Crippen molar-refractivity contribution in [2.24, 2.45) is 10.7 Å². The van der Waals surface area contributed by atoms with Crippen molar-refractivity contribution in [3.63, 3.8) is 0 Å². The van der Waals surface area contributed by atoms with Crippen LogP contribution in [0.25, 0.3) is 0 Å². The fourth-order valence-corrected chi connectivity index (χ4v) is 1.83. The second-order valence-electron chi connectivity index (χ2n) is 4.63. The predicted molar refractivity (Wildman–Crippen MR) is 73.7 cm³/mol. The molecule has 1 aliphatic carbocycles. The number of nitrogens with two attached hydrogens (primary N) is 1. The number of anilines is 1. The molecular formula is C13H18N4O2. The van der Waals surface area contributed by atoms with Gasteiger partial charge in [-0.25, -0.2) is 0 Å². The number of benzene rings is 1. The first-order chi connectivity index (χ1) is 9.35. The van der Waals surface area contributed by atoms with Crippen LogP contribution in [-0.4, -0.2) is 31.9 Å². The molecule has 1 aromatic carbocycles. The number of guanidine groups is 1. The summed E-state index contributed by atoms with van der Waals surface area (Å²) in [4.78, 5) is 4.41. The van der Waals surface area contributed by atoms with Crippen molar-refractivity contribution in [1.29, 1.82) is 0 Å². The number of fused-ring (bicyclic) bond motifs is 1. The Bertz CT molecular complexity index is 486. The largest absolute Gasteiger partial charge is 0.454 e. The summed E-state index contributed by atoms with van der Waals surface area (Å²) < 4.78 is 10.6. The van der Waals surface area contributed by atoms with Crippen LogP contribution in [0, 0.1) is 0 Å². The molecule has 1 aromatic rings. The van der Waals surface area contributed by atoms with Crippen LogP contribution in [-0.2, 0) is 0 Å². The van der Waals surface area contributed by atoms with Crippen molar-refractivity contribution in [3.8, 4) is 11.5 Å². The molecule has 1 fully saturated rings. The number of nitrogens with zero attached hydrogens (tertiary/aromatic N) is 1. The van der Waals surface area contributed by atoms with E-state index in [1.165, 1.54) is 12.8 Å². The van der Waals surface area contributed by atoms with Crippen LogP contribution in [0.4, 0.5) is 5.69 Å². The molecule has 3 rings (SSSR count). The van der Waals surface area contributed by atoms with E-state index < -0.39 is 0 Å². The van der Waals surface area contributed by atoms with Crippen molar-refractivity contribution >= 4 is 11.6 Å². The van der Waals surface area contributed by atoms with Crippen LogP contribution in [0.1, 0.15) is 12.8 Å². The molecule has 1 heterocycles. The van der Waals surface area contributed by atoms with Gasteiger partial charge in [0.05, 0.1) is 6.54 Å². The molecule has 0 spiro atoms. The summed E-state index contributed by atoms with van der Waals surface area (Å²) >= 11 is 0. The SMILES string of the molecule is NCCN=C(Nc1ccc2c(c1)OCO2)NC1CC1. The Morgan fingerprint density at radius 2 is 2.16 bits per heavy atom. The molecule has 1 saturated carbocycles. The lowest BCUT2D eigenvalue weighted by Gasteiger charge is -2.12. The molecule has 0 radical (unpaired) electrons. The van der Waals surface area contributed by atoms with Crippen LogP contribution in [0.2, 0.25) is 0 Å². The second kappa shape index (κ2) is 5.36. The molecular weight excluding hydrogens is 244 g/mol. The predicted octanol–water partition coefficient (Wildman–Crippen LogP) is 0.894. The average molecular weight is 262 g/mol. The van der Waals surface area contributed by atoms with Crippen LogP contribution >= 0.6 is 0 Å². The molecule has 4 N–H and O–H groups in total. The standard InChI is InChI=1S/C13H18N4O2/c14-5-6-15-13(16-9-1-2-9)17-10-3-4-11-12(7-10)19-8-18-11/h3-4,7,9H,1-2,5-6,8,14H2,(H2,15,16,17). The summed E-state index contributed by atoms with van der Waals surface area (Å²) in [5.41, 5.74) is 6.42. The maximum atomic E-state index is 5.49. The number of rotatable bonds is 4. The zero-order chi connectivity index (χ0) is 13.1. The Kier molecular flexibility index (Phi) is 3.41. The lowest BCUT2D eigenvalue weighted by atomic mass is 10.3. The minimum absolute atomic E-state index is 0.285. The van der Waals surface area contributed by atoms with E-state index in [0.717, 1.165) is 23.1 Å². The number of aliphatic imine (C=N–C) groups is 1. The molecule has 0 bridgehead atoms. The molecule has 0 atom stereocenters. The van der Waals surface area contributed by atoms with E-state index >= 15 is 0 Å². The van der Waals surface area contributed by atoms with Crippen LogP contribution in [0.3, 0.4) is 0 Å². The van der Waals surface area contributed by atoms with Crippen molar-refractivity contribution in [3.05, 3.63) is 18.2 Å². The molecule has 0 aromatic heterocycles. The van der Waals surface area contributed by atoms with E-state index in [1.54, 1.807) is 0 Å². The fraction of sp³-hybridized carbons (Fsp3) is 0.462. The molecule has 0 amide bonds. The number of hydrogen-bond acceptors (Lipinski definition) is 4. The third kappa shape index (κ3) is 3.08. The third-order valence-electron chi connectivity index (χ3n) is 2.95. The first-order valence-corrected chi connectivity index (χ1v) is 6.53. The number of nitrogens with one attached hydrogen (secondary N) is 2. The Morgan fingerprint density at radius 1 is 1.32 bits per heavy atom. The van der Waals surface area contributed by atoms with E-state index in [1.807, 2.05) is 18.2 Å². The highest BCUT2D eigenvalue weighted by Crippen LogP contribution is 2.34. The van der Waals surface area contributed by atoms with Gasteiger partial charge in [0.1, 0.15) is 0 Å². The Balaban J connectivity index is 1.69. The zero-order valence-electron chi connectivity index (χ0n) is 10.7. The van der Waals surface area contributed by atoms with Gasteiger partial charge in [0.15, 0.2) is 17.5 Å². The quantitative estimate of drug-likeness (QED) is 0.555. The summed E-state index contributed by atoms with van der Waals surface area (Å²) in [7, 11) is 0. The summed E-state index contributed by atoms with van der Waals surface area (Å²) in [6, 6.07) is 6.29. The fourth-order valence-electron chi connectivity index (χ4n) is 1.83. The van der Waals surface area contributed by atoms with E-state index in [9.17, 15) is 0 Å². The van der Waals surface area contributed by atoms with Gasteiger partial charge in [-0.15, -0.1) is 0 Å². The van der Waals surface area contributed by atoms with Crippen LogP contribution in [0.15, 0.2) is 23.2 Å². The molecule has 19 heavy (non-hydrogen) atoms. The summed E-state index contributed by atoms with van der Waals surface area (Å²) in [6.45, 7) is 1.43. The lowest BCUT2D eigenvalue weighted by Crippen LogP contribution is -2.33. The van der Waals surface area contributed by atoms with E-state index in [0.29, 0.717) is 19.1 Å². The lowest BCUT2D eigenvalue weighted by molar-refractivity contribution is 0.174. The minimum atomic E-state index is 0.285. The van der Waals surface area contributed by atoms with Crippen LogP contribution < -0.4 is 25.8 Å². The highest BCUT2D eigenvalue weighted by Gasteiger charge is 2.22. The van der Waals surface area contributed by atoms with Gasteiger partial charge in [-0.05, 0) is 25.0 Å². The van der Waals surface area contributed by atoms with Crippen LogP contribution in [0.5, 0.6) is 11.5 Å². The molecule has 6 heteroatoms. The van der Waals surface area contributed by atoms with Crippen molar-refractivity contribution in [2.75, 3.05) is 25.2 Å². The van der Waals surface area contributed by atoms with Gasteiger partial charge >= 0.3 is 0 Å². The van der Waals surface area contributed by atoms with E-state index in [4.69, 9.17) is 15.2 Å². The van der Waals surface area contributed by atoms with Gasteiger partial charge in [0.2, 0.25) is 6.79 Å². The van der Waals surface area contributed by atoms with Crippen molar-refractivity contribution < 1.29 is 9.47 Å². The zero-order valence-corrected chi connectivity index (χ0v) is 10.7. The highest BCUT2D eigenvalue weighted by molar-refractivity contribution is 5.94. The van der Waals surface area contributed by atoms with Gasteiger partial charge < -0.3 is 25.8 Å². The summed E-state index contributed by atoms with van der Waals surface area (Å²) in [5.74, 6) is 2.31. The third-order valence-corrected chi connectivity index (χ3v) is 2.95. The Labute approximate surface area is 112 Å². The maximum absolute atomic E-state index is 5.49. The molecule has 2 aliphatic rings. The Morgan fingerprint density at radius 3 is 2.95 bits per heavy atom. The van der Waals surface area contributed by atoms with Gasteiger partial charge in [-0.3, -0.25) is 4.99 Å². The Hall–Kier alpha value is -1.95. The smallest absolute Gasteiger partial charge is 0.231 e. The average Bonchev–Trinajstić information content (AvgIpc) is 3.11. The van der Waals surface area contributed by atoms with Gasteiger partial charge in [-0.1, -0.05) is 0 Å². The van der Waals surface area contributed by atoms with Crippen molar-refractivity contribution in [2.45, 2.75) is 18.9 Å². The molecule has 102 valence electrons. The van der Waals surface area contributed by atoms with Gasteiger partial charge in [0.25, 0.3) is 0 Å². The van der Waals surface area contributed by atoms with E-state index in [-0.39, 0.29) is 6.79 Å². The molecule has 1 aliphatic heterocycles. The minimum Gasteiger partial charge on any atom is -0.454 e. The normalized spacial score (nSPS) is 17.4. The topological polar surface area (TPSA) is 80.9 Å². The summed E-state index contributed by atoms with van der Waals surface area (Å²) in [6.07, 6.45) is 2.40. The second-order valence-corrected chi connectivity index (χ2v) is 4.63. The first kappa shape index (κ1) is 12.1. The first-order valence-electron chi connectivity index (χ1n) is 6.53. The van der Waals surface area contributed by atoms with Gasteiger partial charge in [-0.2, -0.15) is 0 Å². The highest BCUT2D eigenvalue weighted by atomic mass is 16.7. The number of ether oxygens (including phenoxy) is 2. The molecule has 0 unspecified atom stereocenters. The maximum Gasteiger partial charge on any atom is 0.231 e. The number of hydrogen-bond donors (Lipinski definition) is 3. The summed E-state index contributed by atoms with van der Waals surface area (Å²) in [5, 5.41) is 6.62. The monoisotopic (exact) mass is 262 g/mol. The van der Waals surface area contributed by atoms with Crippen molar-refractivity contribution in [1.82, 2.24) is 5.32 Å². The van der Waals surface area contributed by atoms with Gasteiger partial charge in [0, 0.05) is 24.3 Å².